The number of hydrogen-bond acceptors (Lipinski definition) is 6. The van der Waals surface area contributed by atoms with Gasteiger partial charge >= 0.3 is 0 Å². The van der Waals surface area contributed by atoms with Gasteiger partial charge < -0.3 is 9.64 Å². The third-order valence-electron chi connectivity index (χ3n) is 5.11. The lowest BCUT2D eigenvalue weighted by molar-refractivity contribution is 0.0787. The zero-order valence-corrected chi connectivity index (χ0v) is 20.9. The molecule has 176 valence electrons. The molecule has 1 amide bonds. The molecule has 0 saturated heterocycles. The molecule has 2 rings (SSSR count). The summed E-state index contributed by atoms with van der Waals surface area (Å²) in [5.41, 5.74) is 1.64. The maximum Gasteiger partial charge on any atom is 0.253 e. The number of nitrogens with zero attached hydrogens (tertiary/aromatic N) is 2. The number of sulfone groups is 1. The first-order chi connectivity index (χ1) is 14.7. The van der Waals surface area contributed by atoms with Crippen LogP contribution >= 0.6 is 0 Å². The first kappa shape index (κ1) is 25.8. The van der Waals surface area contributed by atoms with E-state index in [9.17, 15) is 21.6 Å². The third-order valence-corrected chi connectivity index (χ3v) is 8.16. The van der Waals surface area contributed by atoms with Gasteiger partial charge in [-0.3, -0.25) is 4.79 Å². The van der Waals surface area contributed by atoms with E-state index in [4.69, 9.17) is 4.74 Å². The number of carbonyl (C=O) groups excluding carboxylic acids is 1. The second-order valence-corrected chi connectivity index (χ2v) is 12.0. The fourth-order valence-electron chi connectivity index (χ4n) is 3.02. The Balaban J connectivity index is 2.05. The number of hydrogen-bond donors (Lipinski definition) is 0. The number of aryl methyl sites for hydroxylation is 1. The van der Waals surface area contributed by atoms with Crippen LogP contribution in [0.15, 0.2) is 46.2 Å². The number of carbonyl (C=O) groups is 1. The molecule has 0 aliphatic carbocycles. The van der Waals surface area contributed by atoms with Crippen LogP contribution in [0.25, 0.3) is 0 Å². The van der Waals surface area contributed by atoms with Gasteiger partial charge in [-0.2, -0.15) is 0 Å². The molecular formula is C22H30N2O6S2. The standard InChI is InChI=1S/C22H30N2O6S2/c1-16-13-18(14-21(17(16)2)32(28,29)23(3)4)22(25)24(5)11-8-12-30-19-9-7-10-20(15-19)31(6,26)27/h7,9-10,13-15H,8,11-12H2,1-6H3. The third kappa shape index (κ3) is 6.08. The lowest BCUT2D eigenvalue weighted by atomic mass is 10.1. The molecule has 2 aromatic carbocycles. The lowest BCUT2D eigenvalue weighted by Crippen LogP contribution is -2.29. The van der Waals surface area contributed by atoms with Gasteiger partial charge in [-0.25, -0.2) is 21.1 Å². The van der Waals surface area contributed by atoms with Crippen LogP contribution in [0, 0.1) is 13.8 Å². The van der Waals surface area contributed by atoms with Gasteiger partial charge in [0.25, 0.3) is 5.91 Å². The summed E-state index contributed by atoms with van der Waals surface area (Å²) >= 11 is 0. The summed E-state index contributed by atoms with van der Waals surface area (Å²) in [6.45, 7) is 4.17. The van der Waals surface area contributed by atoms with E-state index in [0.717, 1.165) is 16.1 Å². The van der Waals surface area contributed by atoms with Gasteiger partial charge in [-0.05, 0) is 61.7 Å². The normalized spacial score (nSPS) is 12.1. The molecule has 0 atom stereocenters. The molecular weight excluding hydrogens is 452 g/mol. The predicted octanol–water partition coefficient (Wildman–Crippen LogP) is 2.50. The smallest absolute Gasteiger partial charge is 0.253 e. The Labute approximate surface area is 190 Å². The summed E-state index contributed by atoms with van der Waals surface area (Å²) in [5, 5.41) is 0. The summed E-state index contributed by atoms with van der Waals surface area (Å²) in [6, 6.07) is 9.36. The molecule has 0 spiro atoms. The molecule has 0 N–H and O–H groups in total. The number of benzene rings is 2. The molecule has 8 nitrogen and oxygen atoms in total. The molecule has 0 aliphatic heterocycles. The van der Waals surface area contributed by atoms with Crippen molar-refractivity contribution >= 4 is 25.8 Å². The Kier molecular flexibility index (Phi) is 8.08. The van der Waals surface area contributed by atoms with Crippen LogP contribution in [0.5, 0.6) is 5.75 Å². The van der Waals surface area contributed by atoms with E-state index < -0.39 is 19.9 Å². The molecule has 0 aromatic heterocycles. The maximum absolute atomic E-state index is 12.9. The molecule has 32 heavy (non-hydrogen) atoms. The van der Waals surface area contributed by atoms with Crippen LogP contribution in [-0.2, 0) is 19.9 Å². The van der Waals surface area contributed by atoms with Crippen molar-refractivity contribution in [3.05, 3.63) is 53.1 Å². The van der Waals surface area contributed by atoms with Gasteiger partial charge in [-0.15, -0.1) is 0 Å². The highest BCUT2D eigenvalue weighted by atomic mass is 32.2. The van der Waals surface area contributed by atoms with Crippen LogP contribution in [0.1, 0.15) is 27.9 Å². The first-order valence-corrected chi connectivity index (χ1v) is 13.3. The van der Waals surface area contributed by atoms with E-state index in [1.165, 1.54) is 37.2 Å². The molecule has 0 radical (unpaired) electrons. The lowest BCUT2D eigenvalue weighted by Gasteiger charge is -2.20. The van der Waals surface area contributed by atoms with E-state index in [1.807, 2.05) is 0 Å². The summed E-state index contributed by atoms with van der Waals surface area (Å²) in [6.07, 6.45) is 1.65. The summed E-state index contributed by atoms with van der Waals surface area (Å²) in [4.78, 5) is 14.7. The molecule has 2 aromatic rings. The van der Waals surface area contributed by atoms with Crippen molar-refractivity contribution < 1.29 is 26.4 Å². The highest BCUT2D eigenvalue weighted by Gasteiger charge is 2.24. The average Bonchev–Trinajstić information content (AvgIpc) is 2.71. The topological polar surface area (TPSA) is 101 Å². The Morgan fingerprint density at radius 3 is 2.25 bits per heavy atom. The van der Waals surface area contributed by atoms with E-state index in [1.54, 1.807) is 39.1 Å². The summed E-state index contributed by atoms with van der Waals surface area (Å²) in [7, 11) is -2.44. The number of ether oxygens (including phenoxy) is 1. The maximum atomic E-state index is 12.9. The van der Waals surface area contributed by atoms with Gasteiger partial charge in [0.15, 0.2) is 9.84 Å². The van der Waals surface area contributed by atoms with Crippen molar-refractivity contribution in [1.82, 2.24) is 9.21 Å². The molecule has 0 heterocycles. The Morgan fingerprint density at radius 2 is 1.66 bits per heavy atom. The van der Waals surface area contributed by atoms with Gasteiger partial charge in [0.1, 0.15) is 5.75 Å². The van der Waals surface area contributed by atoms with Gasteiger partial charge in [0.05, 0.1) is 16.4 Å². The Hall–Kier alpha value is -2.43. The Bertz CT molecular complexity index is 1200. The van der Waals surface area contributed by atoms with E-state index >= 15 is 0 Å². The molecule has 0 unspecified atom stereocenters. The fourth-order valence-corrected chi connectivity index (χ4v) is 4.90. The molecule has 0 aliphatic rings. The zero-order valence-electron chi connectivity index (χ0n) is 19.2. The minimum Gasteiger partial charge on any atom is -0.493 e. The van der Waals surface area contributed by atoms with Crippen molar-refractivity contribution in [2.75, 3.05) is 40.6 Å². The first-order valence-electron chi connectivity index (χ1n) is 9.97. The minimum absolute atomic E-state index is 0.119. The quantitative estimate of drug-likeness (QED) is 0.509. The Morgan fingerprint density at radius 1 is 1.00 bits per heavy atom. The van der Waals surface area contributed by atoms with Crippen molar-refractivity contribution in [2.45, 2.75) is 30.1 Å². The number of sulfonamides is 1. The molecule has 0 bridgehead atoms. The van der Waals surface area contributed by atoms with Crippen LogP contribution in [0.4, 0.5) is 0 Å². The second-order valence-electron chi connectivity index (χ2n) is 7.88. The van der Waals surface area contributed by atoms with E-state index in [2.05, 4.69) is 0 Å². The fraction of sp³-hybridized carbons (Fsp3) is 0.409. The SMILES string of the molecule is Cc1cc(C(=O)N(C)CCCOc2cccc(S(C)(=O)=O)c2)cc(S(=O)(=O)N(C)C)c1C. The molecule has 10 heteroatoms. The van der Waals surface area contributed by atoms with E-state index in [0.29, 0.717) is 29.8 Å². The molecule has 0 saturated carbocycles. The van der Waals surface area contributed by atoms with Crippen LogP contribution in [0.2, 0.25) is 0 Å². The second kappa shape index (κ2) is 10.0. The largest absolute Gasteiger partial charge is 0.493 e. The zero-order chi connectivity index (χ0) is 24.3. The van der Waals surface area contributed by atoms with Crippen molar-refractivity contribution in [3.8, 4) is 5.75 Å². The van der Waals surface area contributed by atoms with Crippen molar-refractivity contribution in [2.24, 2.45) is 0 Å². The number of rotatable bonds is 9. The average molecular weight is 483 g/mol. The van der Waals surface area contributed by atoms with Gasteiger partial charge in [0, 0.05) is 39.5 Å². The van der Waals surface area contributed by atoms with Crippen LogP contribution in [0.3, 0.4) is 0 Å². The highest BCUT2D eigenvalue weighted by Crippen LogP contribution is 2.24. The summed E-state index contributed by atoms with van der Waals surface area (Å²) in [5.74, 6) is 0.150. The highest BCUT2D eigenvalue weighted by molar-refractivity contribution is 7.90. The van der Waals surface area contributed by atoms with Crippen LogP contribution < -0.4 is 4.74 Å². The van der Waals surface area contributed by atoms with Crippen molar-refractivity contribution in [3.63, 3.8) is 0 Å². The van der Waals surface area contributed by atoms with E-state index in [-0.39, 0.29) is 22.3 Å². The monoisotopic (exact) mass is 482 g/mol. The predicted molar refractivity (Wildman–Crippen MR) is 123 cm³/mol. The number of amides is 1. The van der Waals surface area contributed by atoms with Crippen molar-refractivity contribution in [1.29, 1.82) is 0 Å². The van der Waals surface area contributed by atoms with Gasteiger partial charge in [-0.1, -0.05) is 6.07 Å². The summed E-state index contributed by atoms with van der Waals surface area (Å²) < 4.78 is 55.3. The van der Waals surface area contributed by atoms with Gasteiger partial charge in [0.2, 0.25) is 10.0 Å². The van der Waals surface area contributed by atoms with Crippen LogP contribution in [-0.4, -0.2) is 72.5 Å². The minimum atomic E-state index is -3.68. The molecule has 0 fully saturated rings.